The lowest BCUT2D eigenvalue weighted by Gasteiger charge is -2.01. The number of carbonyl (C=O) groups is 1. The molecule has 3 heterocycles. The molecule has 0 radical (unpaired) electrons. The van der Waals surface area contributed by atoms with Crippen LogP contribution in [0.25, 0.3) is 22.2 Å². The molecule has 0 aliphatic rings. The van der Waals surface area contributed by atoms with Gasteiger partial charge in [-0.2, -0.15) is 4.98 Å². The quantitative estimate of drug-likeness (QED) is 0.502. The minimum Gasteiger partial charge on any atom is -0.444 e. The predicted molar refractivity (Wildman–Crippen MR) is 97.4 cm³/mol. The fourth-order valence-corrected chi connectivity index (χ4v) is 3.29. The summed E-state index contributed by atoms with van der Waals surface area (Å²) in [6, 6.07) is 14.6. The fourth-order valence-electron chi connectivity index (χ4n) is 2.21. The number of hydrogen-bond acceptors (Lipinski definition) is 6. The van der Waals surface area contributed by atoms with Crippen LogP contribution < -0.4 is 5.32 Å². The first kappa shape index (κ1) is 15.8. The van der Waals surface area contributed by atoms with Gasteiger partial charge in [0.15, 0.2) is 10.4 Å². The molecule has 1 N–H and O–H groups in total. The van der Waals surface area contributed by atoms with E-state index in [-0.39, 0.29) is 11.7 Å². The van der Waals surface area contributed by atoms with E-state index in [2.05, 4.69) is 31.4 Å². The SMILES string of the molecule is O=C(Nc1ccsc1-c1nc(-c2ccccc2)no1)c1ccc(Br)o1. The lowest BCUT2D eigenvalue weighted by atomic mass is 10.2. The largest absolute Gasteiger partial charge is 0.444 e. The molecule has 1 aromatic carbocycles. The topological polar surface area (TPSA) is 81.2 Å². The minimum atomic E-state index is -0.354. The Kier molecular flexibility index (Phi) is 4.21. The Morgan fingerprint density at radius 2 is 1.96 bits per heavy atom. The molecule has 0 saturated heterocycles. The highest BCUT2D eigenvalue weighted by atomic mass is 79.9. The molecule has 124 valence electrons. The number of benzene rings is 1. The first-order valence-electron chi connectivity index (χ1n) is 7.24. The summed E-state index contributed by atoms with van der Waals surface area (Å²) in [6.45, 7) is 0. The zero-order valence-corrected chi connectivity index (χ0v) is 15.0. The highest BCUT2D eigenvalue weighted by Crippen LogP contribution is 2.34. The van der Waals surface area contributed by atoms with Gasteiger partial charge >= 0.3 is 0 Å². The van der Waals surface area contributed by atoms with Crippen LogP contribution in [0.4, 0.5) is 5.69 Å². The number of nitrogens with one attached hydrogen (secondary N) is 1. The summed E-state index contributed by atoms with van der Waals surface area (Å²) in [7, 11) is 0. The van der Waals surface area contributed by atoms with Crippen molar-refractivity contribution in [2.24, 2.45) is 0 Å². The van der Waals surface area contributed by atoms with Gasteiger partial charge in [0, 0.05) is 5.56 Å². The zero-order valence-electron chi connectivity index (χ0n) is 12.6. The molecule has 0 aliphatic carbocycles. The van der Waals surface area contributed by atoms with Gasteiger partial charge in [0.25, 0.3) is 11.8 Å². The Bertz CT molecular complexity index is 1020. The van der Waals surface area contributed by atoms with E-state index in [1.54, 1.807) is 18.2 Å². The molecule has 0 unspecified atom stereocenters. The van der Waals surface area contributed by atoms with E-state index in [1.165, 1.54) is 11.3 Å². The van der Waals surface area contributed by atoms with E-state index < -0.39 is 0 Å². The van der Waals surface area contributed by atoms with E-state index >= 15 is 0 Å². The monoisotopic (exact) mass is 415 g/mol. The van der Waals surface area contributed by atoms with Gasteiger partial charge in [0.1, 0.15) is 4.88 Å². The summed E-state index contributed by atoms with van der Waals surface area (Å²) < 4.78 is 11.1. The molecule has 4 aromatic rings. The third-order valence-corrected chi connectivity index (χ3v) is 4.69. The lowest BCUT2D eigenvalue weighted by Crippen LogP contribution is -2.10. The summed E-state index contributed by atoms with van der Waals surface area (Å²) in [4.78, 5) is 17.4. The second-order valence-electron chi connectivity index (χ2n) is 5.01. The number of hydrogen-bond donors (Lipinski definition) is 1. The number of anilines is 1. The lowest BCUT2D eigenvalue weighted by molar-refractivity contribution is 0.0995. The highest BCUT2D eigenvalue weighted by Gasteiger charge is 2.18. The summed E-state index contributed by atoms with van der Waals surface area (Å²) in [5.74, 6) is 0.702. The van der Waals surface area contributed by atoms with Crippen molar-refractivity contribution in [2.45, 2.75) is 0 Å². The minimum absolute atomic E-state index is 0.208. The number of nitrogens with zero attached hydrogens (tertiary/aromatic N) is 2. The van der Waals surface area contributed by atoms with E-state index in [1.807, 2.05) is 35.7 Å². The van der Waals surface area contributed by atoms with Gasteiger partial charge in [-0.05, 0) is 39.5 Å². The first-order valence-corrected chi connectivity index (χ1v) is 8.91. The Hall–Kier alpha value is -2.71. The standard InChI is InChI=1S/C17H10BrN3O3S/c18-13-7-6-12(23-13)16(22)19-11-8-9-25-14(11)17-20-15(21-24-17)10-4-2-1-3-5-10/h1-9H,(H,19,22). The molecule has 0 fully saturated rings. The van der Waals surface area contributed by atoms with Gasteiger partial charge in [0.2, 0.25) is 5.82 Å². The van der Waals surface area contributed by atoms with Gasteiger partial charge in [0.05, 0.1) is 5.69 Å². The molecule has 3 aromatic heterocycles. The van der Waals surface area contributed by atoms with Crippen molar-refractivity contribution in [3.05, 3.63) is 64.3 Å². The van der Waals surface area contributed by atoms with E-state index in [9.17, 15) is 4.79 Å². The Morgan fingerprint density at radius 1 is 1.12 bits per heavy atom. The molecule has 0 aliphatic heterocycles. The number of rotatable bonds is 4. The third-order valence-electron chi connectivity index (χ3n) is 3.36. The summed E-state index contributed by atoms with van der Waals surface area (Å²) >= 11 is 4.58. The predicted octanol–water partition coefficient (Wildman–Crippen LogP) is 5.07. The summed E-state index contributed by atoms with van der Waals surface area (Å²) in [5.41, 5.74) is 1.45. The smallest absolute Gasteiger partial charge is 0.291 e. The molecule has 0 atom stereocenters. The highest BCUT2D eigenvalue weighted by molar-refractivity contribution is 9.10. The maximum atomic E-state index is 12.2. The van der Waals surface area contributed by atoms with Crippen LogP contribution in [0.3, 0.4) is 0 Å². The van der Waals surface area contributed by atoms with Crippen LogP contribution in [-0.4, -0.2) is 16.0 Å². The van der Waals surface area contributed by atoms with Crippen molar-refractivity contribution in [3.8, 4) is 22.2 Å². The average molecular weight is 416 g/mol. The van der Waals surface area contributed by atoms with Gasteiger partial charge in [-0.1, -0.05) is 35.5 Å². The van der Waals surface area contributed by atoms with Gasteiger partial charge in [-0.25, -0.2) is 0 Å². The van der Waals surface area contributed by atoms with Crippen molar-refractivity contribution in [1.82, 2.24) is 10.1 Å². The molecule has 1 amide bonds. The maximum absolute atomic E-state index is 12.2. The van der Waals surface area contributed by atoms with Crippen molar-refractivity contribution >= 4 is 38.9 Å². The number of amides is 1. The van der Waals surface area contributed by atoms with Crippen LogP contribution in [0.2, 0.25) is 0 Å². The molecule has 0 bridgehead atoms. The molecular weight excluding hydrogens is 406 g/mol. The van der Waals surface area contributed by atoms with Crippen LogP contribution >= 0.6 is 27.3 Å². The first-order chi connectivity index (χ1) is 12.2. The van der Waals surface area contributed by atoms with Crippen LogP contribution in [0, 0.1) is 0 Å². The van der Waals surface area contributed by atoms with Crippen LogP contribution in [0.1, 0.15) is 10.6 Å². The second kappa shape index (κ2) is 6.66. The number of thiophene rings is 1. The van der Waals surface area contributed by atoms with Gasteiger partial charge < -0.3 is 14.3 Å². The Balaban J connectivity index is 1.60. The molecule has 25 heavy (non-hydrogen) atoms. The van der Waals surface area contributed by atoms with Crippen LogP contribution in [0.5, 0.6) is 0 Å². The molecule has 6 nitrogen and oxygen atoms in total. The molecular formula is C17H10BrN3O3S. The molecule has 8 heteroatoms. The summed E-state index contributed by atoms with van der Waals surface area (Å²) in [6.07, 6.45) is 0. The number of halogens is 1. The normalized spacial score (nSPS) is 10.8. The maximum Gasteiger partial charge on any atom is 0.291 e. The number of carbonyl (C=O) groups excluding carboxylic acids is 1. The third kappa shape index (κ3) is 3.26. The summed E-state index contributed by atoms with van der Waals surface area (Å²) in [5, 5.41) is 8.65. The van der Waals surface area contributed by atoms with E-state index in [0.29, 0.717) is 26.9 Å². The van der Waals surface area contributed by atoms with Crippen LogP contribution in [0.15, 0.2) is 67.5 Å². The Morgan fingerprint density at radius 3 is 2.72 bits per heavy atom. The fraction of sp³-hybridized carbons (Fsp3) is 0. The second-order valence-corrected chi connectivity index (χ2v) is 6.71. The molecule has 0 spiro atoms. The zero-order chi connectivity index (χ0) is 17.2. The number of aromatic nitrogens is 2. The van der Waals surface area contributed by atoms with Crippen molar-refractivity contribution in [3.63, 3.8) is 0 Å². The van der Waals surface area contributed by atoms with Crippen LogP contribution in [-0.2, 0) is 0 Å². The van der Waals surface area contributed by atoms with Crippen molar-refractivity contribution in [1.29, 1.82) is 0 Å². The van der Waals surface area contributed by atoms with E-state index in [0.717, 1.165) is 5.56 Å². The van der Waals surface area contributed by atoms with E-state index in [4.69, 9.17) is 8.94 Å². The van der Waals surface area contributed by atoms with Gasteiger partial charge in [-0.15, -0.1) is 11.3 Å². The van der Waals surface area contributed by atoms with Gasteiger partial charge in [-0.3, -0.25) is 4.79 Å². The molecule has 0 saturated carbocycles. The molecule has 4 rings (SSSR count). The number of furan rings is 1. The van der Waals surface area contributed by atoms with Crippen molar-refractivity contribution < 1.29 is 13.7 Å². The Labute approximate surface area is 154 Å². The van der Waals surface area contributed by atoms with Crippen molar-refractivity contribution in [2.75, 3.05) is 5.32 Å². The average Bonchev–Trinajstić information content (AvgIpc) is 3.35.